The Kier molecular flexibility index (Phi) is 6.63. The first-order valence-electron chi connectivity index (χ1n) is 10.1. The molecule has 0 saturated heterocycles. The summed E-state index contributed by atoms with van der Waals surface area (Å²) in [5.74, 6) is -4.23. The Bertz CT molecular complexity index is 834. The molecule has 1 aliphatic carbocycles. The van der Waals surface area contributed by atoms with Crippen molar-refractivity contribution in [3.8, 4) is 16.9 Å². The zero-order valence-electron chi connectivity index (χ0n) is 16.3. The number of rotatable bonds is 7. The molecule has 0 radical (unpaired) electrons. The maximum absolute atomic E-state index is 14.8. The van der Waals surface area contributed by atoms with Gasteiger partial charge in [0.15, 0.2) is 23.2 Å². The highest BCUT2D eigenvalue weighted by Gasteiger charge is 2.29. The number of unbranched alkanes of at least 4 members (excludes halogenated alkanes) is 1. The average molecular weight is 394 g/mol. The Hall–Kier alpha value is -2.04. The van der Waals surface area contributed by atoms with E-state index in [0.29, 0.717) is 11.5 Å². The molecule has 0 heterocycles. The molecule has 0 amide bonds. The van der Waals surface area contributed by atoms with Crippen molar-refractivity contribution in [2.45, 2.75) is 58.3 Å². The van der Waals surface area contributed by atoms with Gasteiger partial charge in [-0.3, -0.25) is 0 Å². The Labute approximate surface area is 163 Å². The lowest BCUT2D eigenvalue weighted by Crippen LogP contribution is -2.04. The quantitative estimate of drug-likeness (QED) is 0.445. The van der Waals surface area contributed by atoms with E-state index >= 15 is 0 Å². The van der Waals surface area contributed by atoms with Gasteiger partial charge in [0.25, 0.3) is 0 Å². The minimum absolute atomic E-state index is 0.0210. The van der Waals surface area contributed by atoms with Crippen LogP contribution in [0.5, 0.6) is 5.75 Å². The SMILES string of the molecule is CCCCC1CCC(c2ccc(-c3ccc(OCC)c(F)c3F)c(F)c2F)C1. The summed E-state index contributed by atoms with van der Waals surface area (Å²) in [5.41, 5.74) is -0.246. The van der Waals surface area contributed by atoms with Gasteiger partial charge in [0.05, 0.1) is 6.61 Å². The lowest BCUT2D eigenvalue weighted by atomic mass is 9.92. The largest absolute Gasteiger partial charge is 0.491 e. The van der Waals surface area contributed by atoms with Gasteiger partial charge < -0.3 is 4.74 Å². The van der Waals surface area contributed by atoms with E-state index in [2.05, 4.69) is 6.92 Å². The highest BCUT2D eigenvalue weighted by atomic mass is 19.2. The molecule has 0 bridgehead atoms. The van der Waals surface area contributed by atoms with Gasteiger partial charge in [-0.2, -0.15) is 4.39 Å². The van der Waals surface area contributed by atoms with Crippen LogP contribution < -0.4 is 4.74 Å². The molecule has 1 aliphatic rings. The summed E-state index contributed by atoms with van der Waals surface area (Å²) in [6.45, 7) is 3.96. The first kappa shape index (κ1) is 20.7. The fourth-order valence-electron chi connectivity index (χ4n) is 4.21. The van der Waals surface area contributed by atoms with E-state index in [1.165, 1.54) is 24.3 Å². The smallest absolute Gasteiger partial charge is 0.201 e. The summed E-state index contributed by atoms with van der Waals surface area (Å²) in [7, 11) is 0. The second-order valence-corrected chi connectivity index (χ2v) is 7.52. The van der Waals surface area contributed by atoms with E-state index in [0.717, 1.165) is 38.5 Å². The molecule has 1 saturated carbocycles. The fraction of sp³-hybridized carbons (Fsp3) is 0.478. The third kappa shape index (κ3) is 4.03. The van der Waals surface area contributed by atoms with Crippen molar-refractivity contribution in [3.05, 3.63) is 53.1 Å². The van der Waals surface area contributed by atoms with Gasteiger partial charge in [0.2, 0.25) is 5.82 Å². The van der Waals surface area contributed by atoms with Crippen LogP contribution in [0.4, 0.5) is 17.6 Å². The maximum Gasteiger partial charge on any atom is 0.201 e. The standard InChI is InChI=1S/C23H26F4O/c1-3-5-6-14-7-8-15(13-14)16-9-10-17(21(25)20(16)24)18-11-12-19(28-4-2)23(27)22(18)26/h9-12,14-15H,3-8,13H2,1-2H3. The van der Waals surface area contributed by atoms with Crippen molar-refractivity contribution in [2.75, 3.05) is 6.61 Å². The summed E-state index contributed by atoms with van der Waals surface area (Å²) in [6.07, 6.45) is 6.09. The molecule has 2 aromatic carbocycles. The van der Waals surface area contributed by atoms with Gasteiger partial charge >= 0.3 is 0 Å². The van der Waals surface area contributed by atoms with Crippen molar-refractivity contribution < 1.29 is 22.3 Å². The van der Waals surface area contributed by atoms with E-state index in [4.69, 9.17) is 4.74 Å². The molecule has 0 aliphatic heterocycles. The topological polar surface area (TPSA) is 9.23 Å². The highest BCUT2D eigenvalue weighted by molar-refractivity contribution is 5.66. The molecule has 2 unspecified atom stereocenters. The normalized spacial score (nSPS) is 19.2. The molecule has 152 valence electrons. The molecule has 3 rings (SSSR count). The van der Waals surface area contributed by atoms with Crippen LogP contribution in [0.25, 0.3) is 11.1 Å². The van der Waals surface area contributed by atoms with Gasteiger partial charge in [-0.05, 0) is 55.7 Å². The zero-order valence-corrected chi connectivity index (χ0v) is 16.3. The number of halogens is 4. The molecule has 0 N–H and O–H groups in total. The molecule has 5 heteroatoms. The zero-order chi connectivity index (χ0) is 20.3. The number of benzene rings is 2. The van der Waals surface area contributed by atoms with Crippen LogP contribution >= 0.6 is 0 Å². The van der Waals surface area contributed by atoms with Gasteiger partial charge in [0, 0.05) is 11.1 Å². The summed E-state index contributed by atoms with van der Waals surface area (Å²) in [4.78, 5) is 0. The lowest BCUT2D eigenvalue weighted by Gasteiger charge is -2.15. The van der Waals surface area contributed by atoms with Crippen LogP contribution in [0.3, 0.4) is 0 Å². The second-order valence-electron chi connectivity index (χ2n) is 7.52. The van der Waals surface area contributed by atoms with Crippen LogP contribution in [0, 0.1) is 29.2 Å². The van der Waals surface area contributed by atoms with E-state index in [-0.39, 0.29) is 29.4 Å². The number of hydrogen-bond acceptors (Lipinski definition) is 1. The Morgan fingerprint density at radius 3 is 2.21 bits per heavy atom. The van der Waals surface area contributed by atoms with Crippen molar-refractivity contribution in [2.24, 2.45) is 5.92 Å². The van der Waals surface area contributed by atoms with Crippen LogP contribution in [0.1, 0.15) is 63.9 Å². The Morgan fingerprint density at radius 1 is 0.857 bits per heavy atom. The minimum atomic E-state index is -1.24. The molecular formula is C23H26F4O. The maximum atomic E-state index is 14.8. The van der Waals surface area contributed by atoms with Gasteiger partial charge in [0.1, 0.15) is 0 Å². The van der Waals surface area contributed by atoms with Crippen molar-refractivity contribution in [1.82, 2.24) is 0 Å². The van der Waals surface area contributed by atoms with Crippen molar-refractivity contribution >= 4 is 0 Å². The third-order valence-corrected chi connectivity index (χ3v) is 5.70. The molecule has 28 heavy (non-hydrogen) atoms. The van der Waals surface area contributed by atoms with Crippen LogP contribution in [-0.4, -0.2) is 6.61 Å². The summed E-state index contributed by atoms with van der Waals surface area (Å²) < 4.78 is 63.1. The van der Waals surface area contributed by atoms with Gasteiger partial charge in [-0.25, -0.2) is 13.2 Å². The predicted molar refractivity (Wildman–Crippen MR) is 102 cm³/mol. The fourth-order valence-corrected chi connectivity index (χ4v) is 4.21. The Morgan fingerprint density at radius 2 is 1.54 bits per heavy atom. The molecule has 0 spiro atoms. The number of hydrogen-bond donors (Lipinski definition) is 0. The Balaban J connectivity index is 1.88. The van der Waals surface area contributed by atoms with Crippen LogP contribution in [0.15, 0.2) is 24.3 Å². The second kappa shape index (κ2) is 8.97. The van der Waals surface area contributed by atoms with Gasteiger partial charge in [-0.15, -0.1) is 0 Å². The lowest BCUT2D eigenvalue weighted by molar-refractivity contribution is 0.314. The van der Waals surface area contributed by atoms with Crippen LogP contribution in [-0.2, 0) is 0 Å². The summed E-state index contributed by atoms with van der Waals surface area (Å²) in [6, 6.07) is 5.33. The van der Waals surface area contributed by atoms with E-state index < -0.39 is 23.3 Å². The first-order chi connectivity index (χ1) is 13.5. The number of ether oxygens (including phenoxy) is 1. The monoisotopic (exact) mass is 394 g/mol. The molecule has 1 fully saturated rings. The summed E-state index contributed by atoms with van der Waals surface area (Å²) in [5, 5.41) is 0. The van der Waals surface area contributed by atoms with E-state index in [9.17, 15) is 17.6 Å². The molecule has 2 atom stereocenters. The van der Waals surface area contributed by atoms with Crippen LogP contribution in [0.2, 0.25) is 0 Å². The van der Waals surface area contributed by atoms with E-state index in [1.54, 1.807) is 6.92 Å². The molecule has 1 nitrogen and oxygen atoms in total. The molecule has 2 aromatic rings. The molecule has 0 aromatic heterocycles. The summed E-state index contributed by atoms with van der Waals surface area (Å²) >= 11 is 0. The molecular weight excluding hydrogens is 368 g/mol. The average Bonchev–Trinajstić information content (AvgIpc) is 3.15. The first-order valence-corrected chi connectivity index (χ1v) is 10.1. The van der Waals surface area contributed by atoms with E-state index in [1.807, 2.05) is 0 Å². The van der Waals surface area contributed by atoms with Crippen molar-refractivity contribution in [3.63, 3.8) is 0 Å². The third-order valence-electron chi connectivity index (χ3n) is 5.70. The van der Waals surface area contributed by atoms with Gasteiger partial charge in [-0.1, -0.05) is 38.3 Å². The predicted octanol–water partition coefficient (Wildman–Crippen LogP) is 7.38. The van der Waals surface area contributed by atoms with Crippen molar-refractivity contribution in [1.29, 1.82) is 0 Å². The minimum Gasteiger partial charge on any atom is -0.491 e. The highest BCUT2D eigenvalue weighted by Crippen LogP contribution is 2.43.